The largest absolute Gasteiger partial charge is 0.489 e. The fraction of sp³-hybridized carbons (Fsp3) is 0.350. The fourth-order valence-corrected chi connectivity index (χ4v) is 2.60. The molecule has 0 fully saturated rings. The van der Waals surface area contributed by atoms with E-state index in [9.17, 15) is 9.90 Å². The number of ether oxygens (including phenoxy) is 2. The minimum Gasteiger partial charge on any atom is -0.489 e. The van der Waals surface area contributed by atoms with Crippen LogP contribution in [0.3, 0.4) is 0 Å². The van der Waals surface area contributed by atoms with Crippen molar-refractivity contribution in [3.8, 4) is 5.75 Å². The summed E-state index contributed by atoms with van der Waals surface area (Å²) in [6.07, 6.45) is 0.569. The number of aliphatic hydroxyl groups excluding tert-OH is 1. The second-order valence-corrected chi connectivity index (χ2v) is 5.56. The molecular weight excluding hydrogens is 304 g/mol. The number of carbonyl (C=O) groups excluding carboxylic acids is 1. The van der Waals surface area contributed by atoms with E-state index in [1.165, 1.54) is 12.7 Å². The van der Waals surface area contributed by atoms with Crippen LogP contribution in [0.1, 0.15) is 42.2 Å². The second-order valence-electron chi connectivity index (χ2n) is 5.56. The lowest BCUT2D eigenvalue weighted by atomic mass is 10.0. The summed E-state index contributed by atoms with van der Waals surface area (Å²) in [5.41, 5.74) is 3.70. The Morgan fingerprint density at radius 3 is 2.50 bits per heavy atom. The zero-order valence-corrected chi connectivity index (χ0v) is 14.4. The summed E-state index contributed by atoms with van der Waals surface area (Å²) in [4.78, 5) is 11.6. The summed E-state index contributed by atoms with van der Waals surface area (Å²) in [5, 5.41) is 10.1. The van der Waals surface area contributed by atoms with Gasteiger partial charge in [-0.1, -0.05) is 50.2 Å². The molecule has 0 amide bonds. The first-order chi connectivity index (χ1) is 11.6. The van der Waals surface area contributed by atoms with Crippen LogP contribution in [-0.4, -0.2) is 18.2 Å². The zero-order chi connectivity index (χ0) is 17.5. The first-order valence-electron chi connectivity index (χ1n) is 8.19. The highest BCUT2D eigenvalue weighted by atomic mass is 16.5. The van der Waals surface area contributed by atoms with Crippen molar-refractivity contribution >= 4 is 5.97 Å². The second kappa shape index (κ2) is 8.50. The van der Waals surface area contributed by atoms with Crippen molar-refractivity contribution in [2.45, 2.75) is 39.4 Å². The number of rotatable bonds is 7. The van der Waals surface area contributed by atoms with E-state index in [2.05, 4.69) is 30.7 Å². The highest BCUT2D eigenvalue weighted by molar-refractivity contribution is 5.76. The van der Waals surface area contributed by atoms with Crippen molar-refractivity contribution in [2.75, 3.05) is 7.11 Å². The third-order valence-electron chi connectivity index (χ3n) is 4.07. The van der Waals surface area contributed by atoms with E-state index < -0.39 is 12.1 Å². The van der Waals surface area contributed by atoms with Crippen molar-refractivity contribution in [1.29, 1.82) is 0 Å². The molecule has 0 saturated carbocycles. The van der Waals surface area contributed by atoms with Crippen molar-refractivity contribution in [1.82, 2.24) is 0 Å². The Hall–Kier alpha value is -2.33. The standard InChI is InChI=1S/C20H24O4/c1-4-14-10-11-18(15(5-2)12-14)24-13-16-8-6-7-9-17(16)19(21)20(22)23-3/h6-12,19,21H,4-5,13H2,1-3H3. The topological polar surface area (TPSA) is 55.8 Å². The van der Waals surface area contributed by atoms with Gasteiger partial charge in [-0.3, -0.25) is 0 Å². The predicted octanol–water partition coefficient (Wildman–Crippen LogP) is 3.60. The van der Waals surface area contributed by atoms with Gasteiger partial charge in [-0.2, -0.15) is 0 Å². The highest BCUT2D eigenvalue weighted by Crippen LogP contribution is 2.25. The van der Waals surface area contributed by atoms with Gasteiger partial charge in [0.15, 0.2) is 6.10 Å². The smallest absolute Gasteiger partial charge is 0.339 e. The quantitative estimate of drug-likeness (QED) is 0.789. The molecule has 1 atom stereocenters. The number of aliphatic hydroxyl groups is 1. The highest BCUT2D eigenvalue weighted by Gasteiger charge is 2.21. The zero-order valence-electron chi connectivity index (χ0n) is 14.4. The monoisotopic (exact) mass is 328 g/mol. The summed E-state index contributed by atoms with van der Waals surface area (Å²) in [5.74, 6) is 0.154. The predicted molar refractivity (Wildman–Crippen MR) is 92.9 cm³/mol. The molecule has 1 unspecified atom stereocenters. The molecular formula is C20H24O4. The number of hydrogen-bond acceptors (Lipinski definition) is 4. The molecule has 4 heteroatoms. The molecule has 0 saturated heterocycles. The summed E-state index contributed by atoms with van der Waals surface area (Å²) in [7, 11) is 1.26. The maximum atomic E-state index is 11.6. The molecule has 2 rings (SSSR count). The maximum absolute atomic E-state index is 11.6. The Labute approximate surface area is 143 Å². The molecule has 0 aliphatic rings. The Kier molecular flexibility index (Phi) is 6.38. The Morgan fingerprint density at radius 1 is 1.08 bits per heavy atom. The molecule has 1 N–H and O–H groups in total. The summed E-state index contributed by atoms with van der Waals surface area (Å²) in [6, 6.07) is 13.4. The summed E-state index contributed by atoms with van der Waals surface area (Å²) < 4.78 is 10.6. The van der Waals surface area contributed by atoms with Crippen molar-refractivity contribution in [3.63, 3.8) is 0 Å². The van der Waals surface area contributed by atoms with Crippen molar-refractivity contribution in [2.24, 2.45) is 0 Å². The van der Waals surface area contributed by atoms with Gasteiger partial charge in [-0.15, -0.1) is 0 Å². The van der Waals surface area contributed by atoms with E-state index in [-0.39, 0.29) is 6.61 Å². The van der Waals surface area contributed by atoms with Crippen LogP contribution < -0.4 is 4.74 Å². The lowest BCUT2D eigenvalue weighted by Gasteiger charge is -2.16. The van der Waals surface area contributed by atoms with E-state index in [0.29, 0.717) is 5.56 Å². The van der Waals surface area contributed by atoms with Crippen LogP contribution in [0.4, 0.5) is 0 Å². The first kappa shape index (κ1) is 18.0. The molecule has 0 aliphatic heterocycles. The molecule has 2 aromatic carbocycles. The molecule has 0 radical (unpaired) electrons. The van der Waals surface area contributed by atoms with Gasteiger partial charge >= 0.3 is 5.97 Å². The molecule has 4 nitrogen and oxygen atoms in total. The van der Waals surface area contributed by atoms with Gasteiger partial charge in [0.25, 0.3) is 0 Å². The Bertz CT molecular complexity index is 694. The molecule has 128 valence electrons. The molecule has 0 aliphatic carbocycles. The van der Waals surface area contributed by atoms with E-state index >= 15 is 0 Å². The van der Waals surface area contributed by atoms with Gasteiger partial charge in [-0.25, -0.2) is 4.79 Å². The van der Waals surface area contributed by atoms with Crippen LogP contribution in [-0.2, 0) is 29.0 Å². The number of aryl methyl sites for hydroxylation is 2. The van der Waals surface area contributed by atoms with Crippen molar-refractivity contribution in [3.05, 3.63) is 64.7 Å². The average molecular weight is 328 g/mol. The molecule has 0 aromatic heterocycles. The van der Waals surface area contributed by atoms with Crippen LogP contribution in [0, 0.1) is 0 Å². The van der Waals surface area contributed by atoms with Crippen LogP contribution in [0.15, 0.2) is 42.5 Å². The van der Waals surface area contributed by atoms with Gasteiger partial charge in [0, 0.05) is 0 Å². The maximum Gasteiger partial charge on any atom is 0.339 e. The van der Waals surface area contributed by atoms with Gasteiger partial charge in [0.1, 0.15) is 12.4 Å². The van der Waals surface area contributed by atoms with Gasteiger partial charge in [-0.05, 0) is 41.2 Å². The SMILES string of the molecule is CCc1ccc(OCc2ccccc2C(O)C(=O)OC)c(CC)c1. The Morgan fingerprint density at radius 2 is 1.83 bits per heavy atom. The third kappa shape index (κ3) is 4.15. The van der Waals surface area contributed by atoms with Crippen LogP contribution in [0.25, 0.3) is 0 Å². The lowest BCUT2D eigenvalue weighted by Crippen LogP contribution is -2.16. The first-order valence-corrected chi connectivity index (χ1v) is 8.19. The Balaban J connectivity index is 2.20. The summed E-state index contributed by atoms with van der Waals surface area (Å²) >= 11 is 0. The van der Waals surface area contributed by atoms with E-state index in [1.807, 2.05) is 18.2 Å². The molecule has 0 spiro atoms. The van der Waals surface area contributed by atoms with Gasteiger partial charge in [0.05, 0.1) is 7.11 Å². The normalized spacial score (nSPS) is 11.8. The number of carbonyl (C=O) groups is 1. The van der Waals surface area contributed by atoms with Crippen LogP contribution in [0.2, 0.25) is 0 Å². The molecule has 0 bridgehead atoms. The third-order valence-corrected chi connectivity index (χ3v) is 4.07. The molecule has 0 heterocycles. The average Bonchev–Trinajstić information content (AvgIpc) is 2.65. The minimum atomic E-state index is -1.30. The molecule has 24 heavy (non-hydrogen) atoms. The lowest BCUT2D eigenvalue weighted by molar-refractivity contribution is -0.150. The number of esters is 1. The fourth-order valence-electron chi connectivity index (χ4n) is 2.60. The van der Waals surface area contributed by atoms with Gasteiger partial charge in [0.2, 0.25) is 0 Å². The van der Waals surface area contributed by atoms with E-state index in [1.54, 1.807) is 12.1 Å². The number of benzene rings is 2. The van der Waals surface area contributed by atoms with E-state index in [4.69, 9.17) is 4.74 Å². The van der Waals surface area contributed by atoms with Crippen molar-refractivity contribution < 1.29 is 19.4 Å². The number of methoxy groups -OCH3 is 1. The minimum absolute atomic E-state index is 0.280. The van der Waals surface area contributed by atoms with Crippen LogP contribution >= 0.6 is 0 Å². The number of hydrogen-bond donors (Lipinski definition) is 1. The summed E-state index contributed by atoms with van der Waals surface area (Å²) in [6.45, 7) is 4.50. The van der Waals surface area contributed by atoms with Gasteiger partial charge < -0.3 is 14.6 Å². The molecule has 2 aromatic rings. The van der Waals surface area contributed by atoms with E-state index in [0.717, 1.165) is 29.7 Å². The van der Waals surface area contributed by atoms with Crippen LogP contribution in [0.5, 0.6) is 5.75 Å².